The summed E-state index contributed by atoms with van der Waals surface area (Å²) in [6.45, 7) is 2.24. The number of sulfonamides is 1. The molecule has 0 atom stereocenters. The Kier molecular flexibility index (Phi) is 5.88. The molecular weight excluding hydrogens is 334 g/mol. The molecule has 1 aromatic carbocycles. The third kappa shape index (κ3) is 5.63. The molecule has 0 aliphatic carbocycles. The van der Waals surface area contributed by atoms with E-state index >= 15 is 0 Å². The summed E-state index contributed by atoms with van der Waals surface area (Å²) in [7, 11) is -3.25. The number of rotatable bonds is 7. The standard InChI is InChI=1S/C14H19N5O4S/c1-3-12-18-13(23-19-12)10-4-6-11(7-5-10)17-14(20)15-8-9-16-24(2,21)22/h4-7,16H,3,8-9H2,1-2H3,(H2,15,17,20). The minimum atomic E-state index is -3.25. The largest absolute Gasteiger partial charge is 0.337 e. The summed E-state index contributed by atoms with van der Waals surface area (Å²) in [5.41, 5.74) is 1.34. The second-order valence-corrected chi connectivity index (χ2v) is 6.83. The lowest BCUT2D eigenvalue weighted by Crippen LogP contribution is -2.36. The summed E-state index contributed by atoms with van der Waals surface area (Å²) >= 11 is 0. The van der Waals surface area contributed by atoms with Crippen molar-refractivity contribution < 1.29 is 17.7 Å². The lowest BCUT2D eigenvalue weighted by molar-refractivity contribution is 0.252. The first-order chi connectivity index (χ1) is 11.4. The summed E-state index contributed by atoms with van der Waals surface area (Å²) in [4.78, 5) is 15.9. The fraction of sp³-hybridized carbons (Fsp3) is 0.357. The minimum absolute atomic E-state index is 0.127. The number of nitrogens with zero attached hydrogens (tertiary/aromatic N) is 2. The van der Waals surface area contributed by atoms with Gasteiger partial charge in [0.1, 0.15) is 0 Å². The highest BCUT2D eigenvalue weighted by Gasteiger charge is 2.08. The molecule has 0 aliphatic rings. The van der Waals surface area contributed by atoms with Gasteiger partial charge >= 0.3 is 6.03 Å². The maximum atomic E-state index is 11.7. The number of nitrogens with one attached hydrogen (secondary N) is 3. The van der Waals surface area contributed by atoms with Crippen LogP contribution in [-0.2, 0) is 16.4 Å². The van der Waals surface area contributed by atoms with Crippen molar-refractivity contribution in [2.24, 2.45) is 0 Å². The predicted octanol–water partition coefficient (Wildman–Crippen LogP) is 0.970. The Morgan fingerprint density at radius 3 is 2.50 bits per heavy atom. The van der Waals surface area contributed by atoms with Crippen molar-refractivity contribution in [2.45, 2.75) is 13.3 Å². The predicted molar refractivity (Wildman–Crippen MR) is 89.0 cm³/mol. The van der Waals surface area contributed by atoms with Gasteiger partial charge in [-0.25, -0.2) is 17.9 Å². The van der Waals surface area contributed by atoms with Crippen LogP contribution in [0.5, 0.6) is 0 Å². The van der Waals surface area contributed by atoms with Crippen LogP contribution in [0.4, 0.5) is 10.5 Å². The molecule has 0 bridgehead atoms. The molecule has 9 nitrogen and oxygen atoms in total. The van der Waals surface area contributed by atoms with Gasteiger partial charge in [-0.3, -0.25) is 0 Å². The lowest BCUT2D eigenvalue weighted by atomic mass is 10.2. The second kappa shape index (κ2) is 7.88. The van der Waals surface area contributed by atoms with Gasteiger partial charge in [0, 0.05) is 30.8 Å². The number of anilines is 1. The SMILES string of the molecule is CCc1noc(-c2ccc(NC(=O)NCCNS(C)(=O)=O)cc2)n1. The van der Waals surface area contributed by atoms with Crippen molar-refractivity contribution >= 4 is 21.7 Å². The number of aromatic nitrogens is 2. The van der Waals surface area contributed by atoms with Crippen molar-refractivity contribution in [1.29, 1.82) is 0 Å². The Balaban J connectivity index is 1.83. The summed E-state index contributed by atoms with van der Waals surface area (Å²) in [5.74, 6) is 1.06. The third-order valence-electron chi connectivity index (χ3n) is 2.95. The highest BCUT2D eigenvalue weighted by molar-refractivity contribution is 7.88. The molecule has 2 rings (SSSR count). The van der Waals surface area contributed by atoms with E-state index in [1.54, 1.807) is 24.3 Å². The van der Waals surface area contributed by atoms with Crippen LogP contribution >= 0.6 is 0 Å². The van der Waals surface area contributed by atoms with Gasteiger partial charge in [0.15, 0.2) is 5.82 Å². The smallest absolute Gasteiger partial charge is 0.319 e. The average molecular weight is 353 g/mol. The number of carbonyl (C=O) groups excluding carboxylic acids is 1. The van der Waals surface area contributed by atoms with Gasteiger partial charge in [0.25, 0.3) is 5.89 Å². The van der Waals surface area contributed by atoms with Crippen LogP contribution in [0.3, 0.4) is 0 Å². The molecule has 0 radical (unpaired) electrons. The summed E-state index contributed by atoms with van der Waals surface area (Å²) < 4.78 is 29.2. The topological polar surface area (TPSA) is 126 Å². The average Bonchev–Trinajstić information content (AvgIpc) is 3.00. The Labute approximate surface area is 139 Å². The number of amides is 2. The van der Waals surface area contributed by atoms with Crippen LogP contribution in [0.25, 0.3) is 11.5 Å². The third-order valence-corrected chi connectivity index (χ3v) is 3.68. The number of urea groups is 1. The zero-order valence-electron chi connectivity index (χ0n) is 13.4. The highest BCUT2D eigenvalue weighted by atomic mass is 32.2. The van der Waals surface area contributed by atoms with Gasteiger partial charge in [-0.2, -0.15) is 4.98 Å². The highest BCUT2D eigenvalue weighted by Crippen LogP contribution is 2.19. The summed E-state index contributed by atoms with van der Waals surface area (Å²) in [6.07, 6.45) is 1.75. The molecule has 3 N–H and O–H groups in total. The van der Waals surface area contributed by atoms with E-state index < -0.39 is 16.1 Å². The van der Waals surface area contributed by atoms with E-state index in [-0.39, 0.29) is 13.1 Å². The first-order valence-corrected chi connectivity index (χ1v) is 9.19. The molecule has 2 aromatic rings. The fourth-order valence-electron chi connectivity index (χ4n) is 1.80. The van der Waals surface area contributed by atoms with Gasteiger partial charge in [-0.15, -0.1) is 0 Å². The normalized spacial score (nSPS) is 11.2. The molecular formula is C14H19N5O4S. The monoisotopic (exact) mass is 353 g/mol. The van der Waals surface area contributed by atoms with E-state index in [1.165, 1.54) is 0 Å². The van der Waals surface area contributed by atoms with E-state index in [0.717, 1.165) is 11.8 Å². The zero-order chi connectivity index (χ0) is 17.6. The Morgan fingerprint density at radius 2 is 1.92 bits per heavy atom. The Bertz CT molecular complexity index is 786. The molecule has 1 heterocycles. The van der Waals surface area contributed by atoms with Crippen LogP contribution < -0.4 is 15.4 Å². The van der Waals surface area contributed by atoms with Crippen molar-refractivity contribution in [3.05, 3.63) is 30.1 Å². The van der Waals surface area contributed by atoms with Crippen LogP contribution in [0.15, 0.2) is 28.8 Å². The summed E-state index contributed by atoms with van der Waals surface area (Å²) in [6, 6.07) is 6.50. The number of aryl methyl sites for hydroxylation is 1. The Hall–Kier alpha value is -2.46. The van der Waals surface area contributed by atoms with Crippen molar-refractivity contribution in [1.82, 2.24) is 20.2 Å². The van der Waals surface area contributed by atoms with Crippen molar-refractivity contribution in [3.8, 4) is 11.5 Å². The molecule has 130 valence electrons. The lowest BCUT2D eigenvalue weighted by Gasteiger charge is -2.08. The number of hydrogen-bond donors (Lipinski definition) is 3. The molecule has 0 unspecified atom stereocenters. The van der Waals surface area contributed by atoms with Gasteiger partial charge < -0.3 is 15.2 Å². The maximum Gasteiger partial charge on any atom is 0.319 e. The van der Waals surface area contributed by atoms with Crippen LogP contribution in [0.1, 0.15) is 12.7 Å². The van der Waals surface area contributed by atoms with E-state index in [0.29, 0.717) is 23.8 Å². The zero-order valence-corrected chi connectivity index (χ0v) is 14.2. The van der Waals surface area contributed by atoms with Crippen LogP contribution in [-0.4, -0.2) is 43.9 Å². The van der Waals surface area contributed by atoms with Gasteiger partial charge in [0.2, 0.25) is 10.0 Å². The maximum absolute atomic E-state index is 11.7. The van der Waals surface area contributed by atoms with Gasteiger partial charge in [0.05, 0.1) is 6.26 Å². The van der Waals surface area contributed by atoms with Crippen molar-refractivity contribution in [3.63, 3.8) is 0 Å². The quantitative estimate of drug-likeness (QED) is 0.637. The van der Waals surface area contributed by atoms with E-state index in [9.17, 15) is 13.2 Å². The minimum Gasteiger partial charge on any atom is -0.337 e. The molecule has 0 spiro atoms. The molecule has 0 fully saturated rings. The van der Waals surface area contributed by atoms with E-state index in [4.69, 9.17) is 4.52 Å². The molecule has 1 aromatic heterocycles. The van der Waals surface area contributed by atoms with Gasteiger partial charge in [-0.05, 0) is 24.3 Å². The van der Waals surface area contributed by atoms with Crippen LogP contribution in [0.2, 0.25) is 0 Å². The van der Waals surface area contributed by atoms with Crippen LogP contribution in [0, 0.1) is 0 Å². The molecule has 24 heavy (non-hydrogen) atoms. The van der Waals surface area contributed by atoms with E-state index in [2.05, 4.69) is 25.5 Å². The molecule has 0 aliphatic heterocycles. The second-order valence-electron chi connectivity index (χ2n) is 4.99. The summed E-state index contributed by atoms with van der Waals surface area (Å²) in [5, 5.41) is 9.01. The number of carbonyl (C=O) groups is 1. The Morgan fingerprint density at radius 1 is 1.21 bits per heavy atom. The molecule has 0 saturated carbocycles. The number of benzene rings is 1. The van der Waals surface area contributed by atoms with E-state index in [1.807, 2.05) is 6.92 Å². The molecule has 0 saturated heterocycles. The fourth-order valence-corrected chi connectivity index (χ4v) is 2.27. The first kappa shape index (κ1) is 17.9. The number of hydrogen-bond acceptors (Lipinski definition) is 6. The molecule has 10 heteroatoms. The van der Waals surface area contributed by atoms with Crippen molar-refractivity contribution in [2.75, 3.05) is 24.7 Å². The molecule has 2 amide bonds. The first-order valence-electron chi connectivity index (χ1n) is 7.30. The van der Waals surface area contributed by atoms with Gasteiger partial charge in [-0.1, -0.05) is 12.1 Å².